The number of piperidine rings is 1. The summed E-state index contributed by atoms with van der Waals surface area (Å²) in [4.78, 5) is 25.2. The average molecular weight is 328 g/mol. The molecule has 0 bridgehead atoms. The second kappa shape index (κ2) is 5.51. The van der Waals surface area contributed by atoms with Crippen LogP contribution in [0.2, 0.25) is 0 Å². The van der Waals surface area contributed by atoms with E-state index in [1.807, 2.05) is 0 Å². The zero-order valence-corrected chi connectivity index (χ0v) is 13.0. The SMILES string of the molecule is O=C(NC(=O)C1CCNCC1)c1cc2c(s1)CS(=O)(=O)C2. The molecule has 114 valence electrons. The van der Waals surface area contributed by atoms with Gasteiger partial charge in [-0.1, -0.05) is 0 Å². The smallest absolute Gasteiger partial charge is 0.267 e. The van der Waals surface area contributed by atoms with E-state index >= 15 is 0 Å². The molecule has 0 saturated carbocycles. The number of hydrogen-bond donors (Lipinski definition) is 2. The summed E-state index contributed by atoms with van der Waals surface area (Å²) in [7, 11) is -3.04. The van der Waals surface area contributed by atoms with Crippen molar-refractivity contribution in [2.75, 3.05) is 13.1 Å². The normalized spacial score (nSPS) is 21.0. The Labute approximate surface area is 126 Å². The summed E-state index contributed by atoms with van der Waals surface area (Å²) >= 11 is 1.17. The van der Waals surface area contributed by atoms with Crippen molar-refractivity contribution < 1.29 is 18.0 Å². The first kappa shape index (κ1) is 14.7. The predicted molar refractivity (Wildman–Crippen MR) is 78.7 cm³/mol. The molecule has 8 heteroatoms. The molecule has 1 fully saturated rings. The third kappa shape index (κ3) is 3.17. The fraction of sp³-hybridized carbons (Fsp3) is 0.538. The summed E-state index contributed by atoms with van der Waals surface area (Å²) in [5.41, 5.74) is 0.694. The van der Waals surface area contributed by atoms with Gasteiger partial charge in [-0.2, -0.15) is 0 Å². The maximum absolute atomic E-state index is 12.1. The maximum atomic E-state index is 12.1. The minimum Gasteiger partial charge on any atom is -0.317 e. The maximum Gasteiger partial charge on any atom is 0.267 e. The van der Waals surface area contributed by atoms with E-state index in [9.17, 15) is 18.0 Å². The van der Waals surface area contributed by atoms with E-state index in [0.717, 1.165) is 30.8 Å². The van der Waals surface area contributed by atoms with Crippen molar-refractivity contribution >= 4 is 33.0 Å². The van der Waals surface area contributed by atoms with Gasteiger partial charge in [0.25, 0.3) is 5.91 Å². The van der Waals surface area contributed by atoms with Crippen LogP contribution in [-0.2, 0) is 26.1 Å². The van der Waals surface area contributed by atoms with Crippen LogP contribution in [0.4, 0.5) is 0 Å². The van der Waals surface area contributed by atoms with Gasteiger partial charge in [0.15, 0.2) is 9.84 Å². The first-order valence-electron chi connectivity index (χ1n) is 6.82. The molecule has 0 spiro atoms. The number of amides is 2. The third-order valence-electron chi connectivity index (χ3n) is 3.79. The van der Waals surface area contributed by atoms with Crippen molar-refractivity contribution in [3.63, 3.8) is 0 Å². The predicted octanol–water partition coefficient (Wildman–Crippen LogP) is 0.433. The summed E-state index contributed by atoms with van der Waals surface area (Å²) in [5, 5.41) is 5.60. The van der Waals surface area contributed by atoms with E-state index in [4.69, 9.17) is 0 Å². The lowest BCUT2D eigenvalue weighted by atomic mass is 9.97. The summed E-state index contributed by atoms with van der Waals surface area (Å²) in [6.45, 7) is 1.58. The Kier molecular flexibility index (Phi) is 3.85. The molecular weight excluding hydrogens is 312 g/mol. The molecule has 2 N–H and O–H groups in total. The number of carbonyl (C=O) groups excluding carboxylic acids is 2. The van der Waals surface area contributed by atoms with Crippen LogP contribution < -0.4 is 10.6 Å². The highest BCUT2D eigenvalue weighted by atomic mass is 32.2. The van der Waals surface area contributed by atoms with E-state index in [-0.39, 0.29) is 23.3 Å². The summed E-state index contributed by atoms with van der Waals surface area (Å²) in [6.07, 6.45) is 1.47. The molecule has 2 amide bonds. The summed E-state index contributed by atoms with van der Waals surface area (Å²) < 4.78 is 22.9. The highest BCUT2D eigenvalue weighted by molar-refractivity contribution is 7.90. The quantitative estimate of drug-likeness (QED) is 0.768. The highest BCUT2D eigenvalue weighted by Gasteiger charge is 2.29. The molecule has 2 aliphatic rings. The monoisotopic (exact) mass is 328 g/mol. The van der Waals surface area contributed by atoms with Gasteiger partial charge in [0.1, 0.15) is 0 Å². The zero-order chi connectivity index (χ0) is 15.0. The summed E-state index contributed by atoms with van der Waals surface area (Å²) in [6, 6.07) is 1.59. The van der Waals surface area contributed by atoms with Crippen LogP contribution in [0.5, 0.6) is 0 Å². The van der Waals surface area contributed by atoms with Crippen LogP contribution in [0.1, 0.15) is 33.0 Å². The Balaban J connectivity index is 1.65. The number of fused-ring (bicyclic) bond motifs is 1. The fourth-order valence-electron chi connectivity index (χ4n) is 2.67. The minimum absolute atomic E-state index is 0.00250. The topological polar surface area (TPSA) is 92.3 Å². The minimum atomic E-state index is -3.04. The molecule has 21 heavy (non-hydrogen) atoms. The molecule has 0 aliphatic carbocycles. The number of nitrogens with one attached hydrogen (secondary N) is 2. The molecule has 1 saturated heterocycles. The van der Waals surface area contributed by atoms with Gasteiger partial charge in [0.05, 0.1) is 16.4 Å². The Morgan fingerprint density at radius 1 is 1.24 bits per heavy atom. The van der Waals surface area contributed by atoms with Crippen molar-refractivity contribution in [1.29, 1.82) is 0 Å². The van der Waals surface area contributed by atoms with E-state index in [2.05, 4.69) is 10.6 Å². The molecule has 2 aliphatic heterocycles. The van der Waals surface area contributed by atoms with Crippen LogP contribution in [0.15, 0.2) is 6.07 Å². The lowest BCUT2D eigenvalue weighted by Gasteiger charge is -2.21. The van der Waals surface area contributed by atoms with Crippen molar-refractivity contribution in [1.82, 2.24) is 10.6 Å². The van der Waals surface area contributed by atoms with Crippen LogP contribution in [0.25, 0.3) is 0 Å². The van der Waals surface area contributed by atoms with Gasteiger partial charge >= 0.3 is 0 Å². The Hall–Kier alpha value is -1.25. The summed E-state index contributed by atoms with van der Waals surface area (Å²) in [5.74, 6) is -0.781. The van der Waals surface area contributed by atoms with Gasteiger partial charge in [-0.05, 0) is 37.6 Å². The van der Waals surface area contributed by atoms with Gasteiger partial charge < -0.3 is 5.32 Å². The van der Waals surface area contributed by atoms with Crippen molar-refractivity contribution in [2.45, 2.75) is 24.3 Å². The van der Waals surface area contributed by atoms with Crippen LogP contribution in [0, 0.1) is 5.92 Å². The van der Waals surface area contributed by atoms with E-state index in [1.54, 1.807) is 6.07 Å². The van der Waals surface area contributed by atoms with Gasteiger partial charge in [-0.15, -0.1) is 11.3 Å². The molecule has 1 aromatic rings. The van der Waals surface area contributed by atoms with Crippen LogP contribution >= 0.6 is 11.3 Å². The van der Waals surface area contributed by atoms with E-state index < -0.39 is 15.7 Å². The average Bonchev–Trinajstić information content (AvgIpc) is 2.93. The molecule has 0 unspecified atom stereocenters. The molecule has 0 aromatic carbocycles. The number of imide groups is 1. The second-order valence-corrected chi connectivity index (χ2v) is 8.64. The van der Waals surface area contributed by atoms with Gasteiger partial charge in [0, 0.05) is 10.8 Å². The van der Waals surface area contributed by atoms with Crippen LogP contribution in [-0.4, -0.2) is 33.3 Å². The first-order valence-corrected chi connectivity index (χ1v) is 9.46. The largest absolute Gasteiger partial charge is 0.317 e. The van der Waals surface area contributed by atoms with Gasteiger partial charge in [0.2, 0.25) is 5.91 Å². The number of rotatable bonds is 2. The number of sulfone groups is 1. The Bertz CT molecular complexity index is 658. The number of carbonyl (C=O) groups is 2. The van der Waals surface area contributed by atoms with Gasteiger partial charge in [-0.3, -0.25) is 14.9 Å². The number of hydrogen-bond acceptors (Lipinski definition) is 6. The molecule has 3 rings (SSSR count). The molecule has 0 atom stereocenters. The van der Waals surface area contributed by atoms with E-state index in [0.29, 0.717) is 10.4 Å². The zero-order valence-electron chi connectivity index (χ0n) is 11.3. The Morgan fingerprint density at radius 3 is 2.62 bits per heavy atom. The number of thiophene rings is 1. The molecule has 6 nitrogen and oxygen atoms in total. The standard InChI is InChI=1S/C13H16N2O4S2/c16-12(8-1-3-14-4-2-8)15-13(17)10-5-9-6-21(18,19)7-11(9)20-10/h5,8,14H,1-4,6-7H2,(H,15,16,17). The van der Waals surface area contributed by atoms with Crippen molar-refractivity contribution in [3.8, 4) is 0 Å². The molecule has 1 aromatic heterocycles. The molecular formula is C13H16N2O4S2. The molecule has 3 heterocycles. The lowest BCUT2D eigenvalue weighted by Crippen LogP contribution is -2.40. The lowest BCUT2D eigenvalue weighted by molar-refractivity contribution is -0.124. The highest BCUT2D eigenvalue weighted by Crippen LogP contribution is 2.32. The van der Waals surface area contributed by atoms with Gasteiger partial charge in [-0.25, -0.2) is 8.42 Å². The van der Waals surface area contributed by atoms with Crippen molar-refractivity contribution in [3.05, 3.63) is 21.4 Å². The third-order valence-corrected chi connectivity index (χ3v) is 6.63. The molecule has 0 radical (unpaired) electrons. The fourth-order valence-corrected chi connectivity index (χ4v) is 5.83. The Morgan fingerprint density at radius 2 is 1.95 bits per heavy atom. The van der Waals surface area contributed by atoms with Crippen molar-refractivity contribution in [2.24, 2.45) is 5.92 Å². The first-order chi connectivity index (χ1) is 9.94. The van der Waals surface area contributed by atoms with E-state index in [1.165, 1.54) is 11.3 Å². The van der Waals surface area contributed by atoms with Crippen LogP contribution in [0.3, 0.4) is 0 Å². The second-order valence-electron chi connectivity index (χ2n) is 5.43.